The van der Waals surface area contributed by atoms with Crippen LogP contribution in [0, 0.1) is 0 Å². The minimum atomic E-state index is -0.401. The van der Waals surface area contributed by atoms with Crippen molar-refractivity contribution >= 4 is 64.1 Å². The number of anilines is 3. The number of carbonyl (C=O) groups is 4. The van der Waals surface area contributed by atoms with E-state index in [1.54, 1.807) is 24.3 Å². The van der Waals surface area contributed by atoms with Crippen LogP contribution in [0.25, 0.3) is 0 Å². The van der Waals surface area contributed by atoms with Gasteiger partial charge in [-0.2, -0.15) is 0 Å². The number of carbonyl (C=O) groups excluding carboxylic acids is 4. The Labute approximate surface area is 329 Å². The number of Topliss-reactive ketones (excluding diaryl/α,β-unsaturated/α-hetero) is 1. The van der Waals surface area contributed by atoms with Crippen LogP contribution in [-0.4, -0.2) is 61.2 Å². The second kappa shape index (κ2) is 20.8. The topological polar surface area (TPSA) is 208 Å². The molecule has 0 bridgehead atoms. The Balaban J connectivity index is 2.02. The molecule has 3 amide bonds. The zero-order valence-corrected chi connectivity index (χ0v) is 34.3. The first-order valence-corrected chi connectivity index (χ1v) is 20.5. The van der Waals surface area contributed by atoms with Gasteiger partial charge in [-0.25, -0.2) is 0 Å². The van der Waals surface area contributed by atoms with Crippen molar-refractivity contribution in [2.75, 3.05) is 53.6 Å². The zero-order valence-electron chi connectivity index (χ0n) is 32.7. The molecule has 3 rings (SSSR count). The molecule has 54 heavy (non-hydrogen) atoms. The Kier molecular flexibility index (Phi) is 17.2. The summed E-state index contributed by atoms with van der Waals surface area (Å²) >= 11 is 2.95. The summed E-state index contributed by atoms with van der Waals surface area (Å²) in [6.45, 7) is 14.1. The van der Waals surface area contributed by atoms with Crippen molar-refractivity contribution in [3.63, 3.8) is 0 Å². The van der Waals surface area contributed by atoms with Gasteiger partial charge in [0.1, 0.15) is 0 Å². The van der Waals surface area contributed by atoms with Crippen molar-refractivity contribution in [1.29, 1.82) is 0 Å². The summed E-state index contributed by atoms with van der Waals surface area (Å²) < 4.78 is 0. The Bertz CT molecular complexity index is 1660. The minimum Gasteiger partial charge on any atom is -0.330 e. The number of benzene rings is 3. The van der Waals surface area contributed by atoms with Crippen LogP contribution in [0.1, 0.15) is 105 Å². The highest BCUT2D eigenvalue weighted by atomic mass is 32.2. The van der Waals surface area contributed by atoms with Crippen molar-refractivity contribution in [1.82, 2.24) is 0 Å². The fraction of sp³-hybridized carbons (Fsp3) is 0.463. The number of amides is 3. The first-order chi connectivity index (χ1) is 25.5. The summed E-state index contributed by atoms with van der Waals surface area (Å²) in [5, 5.41) is 9.17. The van der Waals surface area contributed by atoms with E-state index in [1.165, 1.54) is 23.5 Å². The van der Waals surface area contributed by atoms with E-state index in [0.29, 0.717) is 90.0 Å². The molecule has 0 spiro atoms. The van der Waals surface area contributed by atoms with Crippen molar-refractivity contribution in [3.05, 3.63) is 76.3 Å². The molecule has 0 aromatic heterocycles. The van der Waals surface area contributed by atoms with Crippen LogP contribution in [0.3, 0.4) is 0 Å². The molecule has 0 unspecified atom stereocenters. The molecule has 0 aliphatic rings. The average Bonchev–Trinajstić information content (AvgIpc) is 3.11. The Morgan fingerprint density at radius 2 is 1.06 bits per heavy atom. The first kappa shape index (κ1) is 44.7. The molecule has 0 fully saturated rings. The lowest BCUT2D eigenvalue weighted by atomic mass is 9.85. The molecule has 0 aliphatic carbocycles. The van der Waals surface area contributed by atoms with Gasteiger partial charge in [-0.1, -0.05) is 59.7 Å². The van der Waals surface area contributed by atoms with E-state index in [1.807, 2.05) is 24.3 Å². The molecule has 0 saturated heterocycles. The van der Waals surface area contributed by atoms with E-state index in [0.717, 1.165) is 21.6 Å². The van der Waals surface area contributed by atoms with Gasteiger partial charge in [-0.05, 0) is 83.8 Å². The number of rotatable bonds is 19. The molecule has 11 N–H and O–H groups in total. The maximum absolute atomic E-state index is 14.0. The number of hydrogen-bond donors (Lipinski definition) is 7. The summed E-state index contributed by atoms with van der Waals surface area (Å²) in [5.74, 6) is 0.274. The number of ketones is 1. The van der Waals surface area contributed by atoms with Crippen LogP contribution in [0.4, 0.5) is 17.1 Å². The lowest BCUT2D eigenvalue weighted by Crippen LogP contribution is -2.19. The molecule has 0 aliphatic heterocycles. The summed E-state index contributed by atoms with van der Waals surface area (Å²) in [4.78, 5) is 55.2. The normalized spacial score (nSPS) is 11.7. The van der Waals surface area contributed by atoms with Crippen molar-refractivity contribution in [3.8, 4) is 0 Å². The fourth-order valence-corrected chi connectivity index (χ4v) is 7.25. The second-order valence-electron chi connectivity index (χ2n) is 15.2. The highest BCUT2D eigenvalue weighted by Crippen LogP contribution is 2.40. The van der Waals surface area contributed by atoms with E-state index in [4.69, 9.17) is 22.9 Å². The van der Waals surface area contributed by atoms with Gasteiger partial charge in [-0.3, -0.25) is 19.2 Å². The third-order valence-corrected chi connectivity index (χ3v) is 10.9. The first-order valence-electron chi connectivity index (χ1n) is 18.5. The molecule has 0 radical (unpaired) electrons. The molecular formula is C41H59N7O4S2. The Hall–Kier alpha value is -3.72. The van der Waals surface area contributed by atoms with Gasteiger partial charge >= 0.3 is 0 Å². The number of thioether (sulfide) groups is 2. The molecule has 0 saturated carbocycles. The van der Waals surface area contributed by atoms with Crippen LogP contribution in [0.2, 0.25) is 0 Å². The molecule has 0 heterocycles. The highest BCUT2D eigenvalue weighted by molar-refractivity contribution is 7.99. The van der Waals surface area contributed by atoms with E-state index in [-0.39, 0.29) is 41.3 Å². The van der Waals surface area contributed by atoms with Crippen LogP contribution in [0.15, 0.2) is 58.3 Å². The van der Waals surface area contributed by atoms with Gasteiger partial charge in [0.05, 0.1) is 22.0 Å². The Morgan fingerprint density at radius 3 is 1.56 bits per heavy atom. The van der Waals surface area contributed by atoms with E-state index in [2.05, 4.69) is 57.5 Å². The van der Waals surface area contributed by atoms with Crippen LogP contribution in [0.5, 0.6) is 0 Å². The maximum atomic E-state index is 14.0. The van der Waals surface area contributed by atoms with Gasteiger partial charge in [-0.15, -0.1) is 23.5 Å². The number of nitrogens with two attached hydrogens (primary N) is 4. The SMILES string of the molecule is CC(C)(C)c1cc(CC(=O)c2cccc(C(=O)Nc3cc(C(C)(C)C)cc(NC(=O)CCCN)c3SCCN)c2)c(SCCN)c(NC(=O)CCCN)c1. The monoisotopic (exact) mass is 777 g/mol. The van der Waals surface area contributed by atoms with Gasteiger partial charge in [0.25, 0.3) is 5.91 Å². The predicted octanol–water partition coefficient (Wildman–Crippen LogP) is 6.42. The lowest BCUT2D eigenvalue weighted by Gasteiger charge is -2.24. The van der Waals surface area contributed by atoms with Crippen LogP contribution < -0.4 is 38.9 Å². The third kappa shape index (κ3) is 13.2. The predicted molar refractivity (Wildman–Crippen MR) is 226 cm³/mol. The molecule has 3 aromatic rings. The summed E-state index contributed by atoms with van der Waals surface area (Å²) in [6, 6.07) is 14.5. The molecule has 13 heteroatoms. The molecular weight excluding hydrogens is 719 g/mol. The van der Waals surface area contributed by atoms with E-state index < -0.39 is 5.91 Å². The fourth-order valence-electron chi connectivity index (χ4n) is 5.50. The van der Waals surface area contributed by atoms with Gasteiger partial charge in [0.2, 0.25) is 11.8 Å². The maximum Gasteiger partial charge on any atom is 0.255 e. The standard InChI is InChI=1S/C41H59N7O4S2/c1-40(2,3)29-21-28(37(53-18-16-44)31(23-29)46-35(50)12-8-14-42)22-34(49)26-10-7-11-27(20-26)39(52)48-33-25-30(41(4,5)6)24-32(38(33)54-19-17-45)47-36(51)13-9-15-43/h7,10-11,20-21,23-25H,8-9,12-19,22,42-45H2,1-6H3,(H,46,50)(H,47,51)(H,48,52). The summed E-state index contributed by atoms with van der Waals surface area (Å²) in [7, 11) is 0. The van der Waals surface area contributed by atoms with E-state index >= 15 is 0 Å². The summed E-state index contributed by atoms with van der Waals surface area (Å²) in [6.07, 6.45) is 1.73. The van der Waals surface area contributed by atoms with Crippen LogP contribution >= 0.6 is 23.5 Å². The van der Waals surface area contributed by atoms with Gasteiger partial charge in [0, 0.05) is 59.9 Å². The quantitative estimate of drug-likeness (QED) is 0.0525. The van der Waals surface area contributed by atoms with Crippen LogP contribution in [-0.2, 0) is 26.8 Å². The number of hydrogen-bond acceptors (Lipinski definition) is 10. The molecule has 294 valence electrons. The smallest absolute Gasteiger partial charge is 0.255 e. The van der Waals surface area contributed by atoms with Crippen molar-refractivity contribution < 1.29 is 19.2 Å². The summed E-state index contributed by atoms with van der Waals surface area (Å²) in [5.41, 5.74) is 27.6. The van der Waals surface area contributed by atoms with E-state index in [9.17, 15) is 19.2 Å². The highest BCUT2D eigenvalue weighted by Gasteiger charge is 2.24. The second-order valence-corrected chi connectivity index (χ2v) is 17.4. The molecule has 0 atom stereocenters. The van der Waals surface area contributed by atoms with Gasteiger partial charge < -0.3 is 38.9 Å². The minimum absolute atomic E-state index is 0.0499. The molecule has 3 aromatic carbocycles. The largest absolute Gasteiger partial charge is 0.330 e. The zero-order chi connectivity index (χ0) is 40.1. The Morgan fingerprint density at radius 1 is 0.593 bits per heavy atom. The number of nitrogens with one attached hydrogen (secondary N) is 3. The average molecular weight is 778 g/mol. The third-order valence-electron chi connectivity index (χ3n) is 8.53. The van der Waals surface area contributed by atoms with Crippen molar-refractivity contribution in [2.45, 2.75) is 94.3 Å². The molecule has 11 nitrogen and oxygen atoms in total. The van der Waals surface area contributed by atoms with Gasteiger partial charge in [0.15, 0.2) is 5.78 Å². The lowest BCUT2D eigenvalue weighted by molar-refractivity contribution is -0.117. The van der Waals surface area contributed by atoms with Crippen molar-refractivity contribution in [2.24, 2.45) is 22.9 Å².